The molecule has 1 amide bonds. The van der Waals surface area contributed by atoms with Gasteiger partial charge >= 0.3 is 0 Å². The number of nitrogens with zero attached hydrogens (tertiary/aromatic N) is 4. The second-order valence-corrected chi connectivity index (χ2v) is 7.99. The van der Waals surface area contributed by atoms with E-state index in [1.165, 1.54) is 19.3 Å². The number of ether oxygens (including phenoxy) is 2. The minimum absolute atomic E-state index is 0.00713. The standard InChI is InChI=1S/C22H27N5O3S/c1-29-17-10-11-19(30-2)18(14-17)23-20(28)15-26-22(31)27(25-12-6-7-13-25)21(24-26)16-8-4-3-5-9-16/h6-7,10-14,16H,3-5,8-9,15H2,1-2H3,(H,23,28). The molecule has 2 heterocycles. The van der Waals surface area contributed by atoms with Crippen molar-refractivity contribution in [1.82, 2.24) is 19.1 Å². The Kier molecular flexibility index (Phi) is 6.41. The van der Waals surface area contributed by atoms with Crippen molar-refractivity contribution in [3.05, 3.63) is 53.3 Å². The zero-order valence-electron chi connectivity index (χ0n) is 17.8. The van der Waals surface area contributed by atoms with Crippen molar-refractivity contribution < 1.29 is 14.3 Å². The SMILES string of the molecule is COc1ccc(OC)c(NC(=O)Cn2nc(C3CCCCC3)n(-n3cccc3)c2=S)c1. The lowest BCUT2D eigenvalue weighted by atomic mass is 9.89. The molecule has 8 nitrogen and oxygen atoms in total. The number of carbonyl (C=O) groups is 1. The molecule has 2 aromatic heterocycles. The minimum atomic E-state index is -0.241. The van der Waals surface area contributed by atoms with Crippen molar-refractivity contribution in [2.24, 2.45) is 0 Å². The van der Waals surface area contributed by atoms with Crippen molar-refractivity contribution in [2.45, 2.75) is 44.6 Å². The van der Waals surface area contributed by atoms with E-state index in [4.69, 9.17) is 26.8 Å². The topological polar surface area (TPSA) is 75.2 Å². The molecule has 0 saturated heterocycles. The fourth-order valence-corrected chi connectivity index (χ4v) is 4.34. The Labute approximate surface area is 186 Å². The molecular formula is C22H27N5O3S. The summed E-state index contributed by atoms with van der Waals surface area (Å²) in [4.78, 5) is 12.9. The normalized spacial score (nSPS) is 14.4. The number of hydrogen-bond donors (Lipinski definition) is 1. The summed E-state index contributed by atoms with van der Waals surface area (Å²) in [6, 6.07) is 9.15. The van der Waals surface area contributed by atoms with Crippen LogP contribution < -0.4 is 14.8 Å². The number of amides is 1. The third-order valence-corrected chi connectivity index (χ3v) is 5.99. The van der Waals surface area contributed by atoms with Crippen LogP contribution in [-0.2, 0) is 11.3 Å². The van der Waals surface area contributed by atoms with E-state index >= 15 is 0 Å². The molecule has 1 fully saturated rings. The van der Waals surface area contributed by atoms with Crippen LogP contribution in [0.4, 0.5) is 5.69 Å². The molecule has 0 spiro atoms. The molecule has 4 rings (SSSR count). The predicted molar refractivity (Wildman–Crippen MR) is 120 cm³/mol. The highest BCUT2D eigenvalue weighted by Crippen LogP contribution is 2.32. The largest absolute Gasteiger partial charge is 0.497 e. The summed E-state index contributed by atoms with van der Waals surface area (Å²) in [5.41, 5.74) is 0.538. The third-order valence-electron chi connectivity index (χ3n) is 5.61. The highest BCUT2D eigenvalue weighted by Gasteiger charge is 2.24. The van der Waals surface area contributed by atoms with Crippen molar-refractivity contribution in [2.75, 3.05) is 19.5 Å². The monoisotopic (exact) mass is 441 g/mol. The Bertz CT molecular complexity index is 1100. The van der Waals surface area contributed by atoms with E-state index < -0.39 is 0 Å². The maximum absolute atomic E-state index is 12.9. The Morgan fingerprint density at radius 2 is 1.90 bits per heavy atom. The maximum atomic E-state index is 12.9. The average molecular weight is 442 g/mol. The first-order chi connectivity index (χ1) is 15.1. The Balaban J connectivity index is 1.61. The molecule has 0 aliphatic heterocycles. The van der Waals surface area contributed by atoms with Gasteiger partial charge in [-0.3, -0.25) is 9.47 Å². The van der Waals surface area contributed by atoms with Crippen molar-refractivity contribution >= 4 is 23.8 Å². The van der Waals surface area contributed by atoms with Crippen LogP contribution in [0.15, 0.2) is 42.7 Å². The van der Waals surface area contributed by atoms with Crippen LogP contribution in [0.1, 0.15) is 43.8 Å². The summed E-state index contributed by atoms with van der Waals surface area (Å²) >= 11 is 5.72. The number of aromatic nitrogens is 4. The van der Waals surface area contributed by atoms with Crippen LogP contribution in [0.5, 0.6) is 11.5 Å². The van der Waals surface area contributed by atoms with Crippen LogP contribution in [0.3, 0.4) is 0 Å². The van der Waals surface area contributed by atoms with E-state index in [2.05, 4.69) is 5.32 Å². The molecule has 1 N–H and O–H groups in total. The lowest BCUT2D eigenvalue weighted by Crippen LogP contribution is -2.20. The summed E-state index contributed by atoms with van der Waals surface area (Å²) in [6.07, 6.45) is 9.68. The smallest absolute Gasteiger partial charge is 0.246 e. The van der Waals surface area contributed by atoms with Gasteiger partial charge in [-0.1, -0.05) is 19.3 Å². The lowest BCUT2D eigenvalue weighted by molar-refractivity contribution is -0.117. The van der Waals surface area contributed by atoms with Crippen LogP contribution in [0, 0.1) is 4.77 Å². The van der Waals surface area contributed by atoms with E-state index in [0.29, 0.717) is 27.9 Å². The number of benzene rings is 1. The zero-order valence-corrected chi connectivity index (χ0v) is 18.6. The van der Waals surface area contributed by atoms with Gasteiger partial charge in [0, 0.05) is 24.4 Å². The van der Waals surface area contributed by atoms with Crippen molar-refractivity contribution in [1.29, 1.82) is 0 Å². The molecule has 31 heavy (non-hydrogen) atoms. The average Bonchev–Trinajstić information content (AvgIpc) is 3.42. The fourth-order valence-electron chi connectivity index (χ4n) is 4.05. The van der Waals surface area contributed by atoms with Crippen molar-refractivity contribution in [3.8, 4) is 11.5 Å². The quantitative estimate of drug-likeness (QED) is 0.556. The molecule has 1 aliphatic rings. The molecule has 1 aliphatic carbocycles. The number of anilines is 1. The van der Waals surface area contributed by atoms with Gasteiger partial charge in [0.15, 0.2) is 5.82 Å². The highest BCUT2D eigenvalue weighted by atomic mass is 32.1. The first-order valence-corrected chi connectivity index (χ1v) is 10.9. The first-order valence-electron chi connectivity index (χ1n) is 10.5. The van der Waals surface area contributed by atoms with Crippen molar-refractivity contribution in [3.63, 3.8) is 0 Å². The summed E-state index contributed by atoms with van der Waals surface area (Å²) in [5.74, 6) is 2.19. The molecule has 0 bridgehead atoms. The van der Waals surface area contributed by atoms with Gasteiger partial charge in [-0.05, 0) is 49.3 Å². The number of nitrogens with one attached hydrogen (secondary N) is 1. The van der Waals surface area contributed by atoms with Gasteiger partial charge in [-0.25, -0.2) is 9.36 Å². The number of hydrogen-bond acceptors (Lipinski definition) is 5. The molecule has 9 heteroatoms. The lowest BCUT2D eigenvalue weighted by Gasteiger charge is -2.21. The molecule has 0 unspecified atom stereocenters. The van der Waals surface area contributed by atoms with Gasteiger partial charge in [0.25, 0.3) is 0 Å². The summed E-state index contributed by atoms with van der Waals surface area (Å²) in [5, 5.41) is 7.67. The van der Waals surface area contributed by atoms with Gasteiger partial charge in [0.1, 0.15) is 18.0 Å². The van der Waals surface area contributed by atoms with Gasteiger partial charge in [0.2, 0.25) is 10.7 Å². The summed E-state index contributed by atoms with van der Waals surface area (Å²) < 4.78 is 16.6. The van der Waals surface area contributed by atoms with E-state index in [9.17, 15) is 4.79 Å². The molecule has 0 atom stereocenters. The first kappa shape index (κ1) is 21.2. The molecular weight excluding hydrogens is 414 g/mol. The van der Waals surface area contributed by atoms with Crippen LogP contribution in [-0.4, -0.2) is 39.3 Å². The number of carbonyl (C=O) groups excluding carboxylic acids is 1. The van der Waals surface area contributed by atoms with Gasteiger partial charge in [-0.2, -0.15) is 5.10 Å². The Hall–Kier alpha value is -3.07. The molecule has 0 radical (unpaired) electrons. The van der Waals surface area contributed by atoms with Crippen LogP contribution in [0.25, 0.3) is 0 Å². The molecule has 164 valence electrons. The third kappa shape index (κ3) is 4.51. The minimum Gasteiger partial charge on any atom is -0.497 e. The van der Waals surface area contributed by atoms with E-state index in [0.717, 1.165) is 18.7 Å². The second kappa shape index (κ2) is 9.38. The fraction of sp³-hybridized carbons (Fsp3) is 0.409. The Morgan fingerprint density at radius 3 is 2.58 bits per heavy atom. The summed E-state index contributed by atoms with van der Waals surface area (Å²) in [7, 11) is 3.14. The zero-order chi connectivity index (χ0) is 21.8. The number of rotatable bonds is 7. The van der Waals surface area contributed by atoms with E-state index in [1.54, 1.807) is 37.1 Å². The van der Waals surface area contributed by atoms with E-state index in [-0.39, 0.29) is 12.5 Å². The summed E-state index contributed by atoms with van der Waals surface area (Å²) in [6.45, 7) is 0.00713. The second-order valence-electron chi connectivity index (χ2n) is 7.62. The Morgan fingerprint density at radius 1 is 1.16 bits per heavy atom. The van der Waals surface area contributed by atoms with Crippen LogP contribution in [0.2, 0.25) is 0 Å². The van der Waals surface area contributed by atoms with Gasteiger partial charge < -0.3 is 14.8 Å². The van der Waals surface area contributed by atoms with E-state index in [1.807, 2.05) is 33.9 Å². The molecule has 1 aromatic carbocycles. The van der Waals surface area contributed by atoms with Gasteiger partial charge in [0.05, 0.1) is 19.9 Å². The maximum Gasteiger partial charge on any atom is 0.246 e. The molecule has 3 aromatic rings. The predicted octanol–water partition coefficient (Wildman–Crippen LogP) is 4.23. The molecule has 1 saturated carbocycles. The highest BCUT2D eigenvalue weighted by molar-refractivity contribution is 7.71. The van der Waals surface area contributed by atoms with Gasteiger partial charge in [-0.15, -0.1) is 0 Å². The van der Waals surface area contributed by atoms with Crippen LogP contribution >= 0.6 is 12.2 Å². The number of methoxy groups -OCH3 is 2.